The third kappa shape index (κ3) is 4.52. The molecule has 1 aromatic heterocycles. The quantitative estimate of drug-likeness (QED) is 0.755. The zero-order valence-corrected chi connectivity index (χ0v) is 14.3. The van der Waals surface area contributed by atoms with Gasteiger partial charge in [-0.1, -0.05) is 43.7 Å². The molecule has 24 heavy (non-hydrogen) atoms. The third-order valence-electron chi connectivity index (χ3n) is 3.79. The van der Waals surface area contributed by atoms with Crippen molar-refractivity contribution in [2.75, 3.05) is 12.3 Å². The molecule has 1 atom stereocenters. The Balaban J connectivity index is 2.23. The van der Waals surface area contributed by atoms with Gasteiger partial charge in [-0.25, -0.2) is 9.97 Å². The molecule has 1 amide bonds. The highest BCUT2D eigenvalue weighted by Crippen LogP contribution is 2.19. The van der Waals surface area contributed by atoms with E-state index >= 15 is 0 Å². The molecule has 0 saturated heterocycles. The van der Waals surface area contributed by atoms with Gasteiger partial charge in [0.2, 0.25) is 5.95 Å². The summed E-state index contributed by atoms with van der Waals surface area (Å²) in [6.07, 6.45) is 0.423. The second-order valence-corrected chi connectivity index (χ2v) is 6.14. The summed E-state index contributed by atoms with van der Waals surface area (Å²) in [6.45, 7) is 5.93. The second-order valence-electron chi connectivity index (χ2n) is 6.14. The lowest BCUT2D eigenvalue weighted by atomic mass is 10.0. The summed E-state index contributed by atoms with van der Waals surface area (Å²) in [5.41, 5.74) is 8.75. The standard InChI is InChI=1S/C18H24N4O2/c1-11(2)15-10-16(22-18(19)21-15)17(24)20-14(8-9-23)13-6-4-12(3)5-7-13/h4-7,10-11,14,23H,8-9H2,1-3H3,(H,20,24)(H2,19,21,22)/t14-/m0/s1. The van der Waals surface area contributed by atoms with Crippen LogP contribution < -0.4 is 11.1 Å². The van der Waals surface area contributed by atoms with Gasteiger partial charge in [-0.3, -0.25) is 4.79 Å². The van der Waals surface area contributed by atoms with Gasteiger partial charge >= 0.3 is 0 Å². The van der Waals surface area contributed by atoms with Crippen LogP contribution in [-0.2, 0) is 0 Å². The van der Waals surface area contributed by atoms with Gasteiger partial charge in [-0.15, -0.1) is 0 Å². The van der Waals surface area contributed by atoms with Crippen LogP contribution in [0.25, 0.3) is 0 Å². The predicted octanol–water partition coefficient (Wildman–Crippen LogP) is 2.34. The lowest BCUT2D eigenvalue weighted by molar-refractivity contribution is 0.0924. The number of aryl methyl sites for hydroxylation is 1. The molecule has 0 aliphatic carbocycles. The van der Waals surface area contributed by atoms with Crippen LogP contribution in [0.1, 0.15) is 59.5 Å². The SMILES string of the molecule is Cc1ccc([C@H](CCO)NC(=O)c2cc(C(C)C)nc(N)n2)cc1. The fourth-order valence-corrected chi connectivity index (χ4v) is 2.38. The van der Waals surface area contributed by atoms with Crippen molar-refractivity contribution in [1.29, 1.82) is 0 Å². The molecule has 4 N–H and O–H groups in total. The van der Waals surface area contributed by atoms with Crippen LogP contribution in [0, 0.1) is 6.92 Å². The van der Waals surface area contributed by atoms with Crippen molar-refractivity contribution in [3.63, 3.8) is 0 Å². The van der Waals surface area contributed by atoms with Gasteiger partial charge in [0, 0.05) is 12.3 Å². The topological polar surface area (TPSA) is 101 Å². The number of benzene rings is 1. The number of hydrogen-bond donors (Lipinski definition) is 3. The fourth-order valence-electron chi connectivity index (χ4n) is 2.38. The molecule has 6 nitrogen and oxygen atoms in total. The van der Waals surface area contributed by atoms with Crippen molar-refractivity contribution in [1.82, 2.24) is 15.3 Å². The molecular weight excluding hydrogens is 304 g/mol. The first-order valence-corrected chi connectivity index (χ1v) is 8.03. The fraction of sp³-hybridized carbons (Fsp3) is 0.389. The number of nitrogens with one attached hydrogen (secondary N) is 1. The number of amides is 1. The first-order valence-electron chi connectivity index (χ1n) is 8.03. The molecule has 0 saturated carbocycles. The lowest BCUT2D eigenvalue weighted by Crippen LogP contribution is -2.30. The maximum atomic E-state index is 12.6. The van der Waals surface area contributed by atoms with Crippen molar-refractivity contribution >= 4 is 11.9 Å². The molecule has 2 aromatic rings. The zero-order chi connectivity index (χ0) is 17.7. The first-order chi connectivity index (χ1) is 11.4. The van der Waals surface area contributed by atoms with Gasteiger partial charge in [0.1, 0.15) is 5.69 Å². The molecule has 0 spiro atoms. The number of carbonyl (C=O) groups excluding carboxylic acids is 1. The summed E-state index contributed by atoms with van der Waals surface area (Å²) in [5.74, 6) is -0.0994. The molecule has 128 valence electrons. The lowest BCUT2D eigenvalue weighted by Gasteiger charge is -2.19. The number of carbonyl (C=O) groups is 1. The van der Waals surface area contributed by atoms with Crippen molar-refractivity contribution in [2.24, 2.45) is 0 Å². The van der Waals surface area contributed by atoms with Crippen LogP contribution in [-0.4, -0.2) is 27.6 Å². The van der Waals surface area contributed by atoms with Crippen LogP contribution in [0.4, 0.5) is 5.95 Å². The average molecular weight is 328 g/mol. The van der Waals surface area contributed by atoms with Crippen LogP contribution in [0.3, 0.4) is 0 Å². The Kier molecular flexibility index (Phi) is 5.87. The molecule has 0 unspecified atom stereocenters. The first kappa shape index (κ1) is 17.9. The molecule has 0 aliphatic heterocycles. The average Bonchev–Trinajstić information content (AvgIpc) is 2.54. The van der Waals surface area contributed by atoms with E-state index in [0.29, 0.717) is 6.42 Å². The van der Waals surface area contributed by atoms with E-state index in [1.807, 2.05) is 45.0 Å². The van der Waals surface area contributed by atoms with E-state index < -0.39 is 0 Å². The van der Waals surface area contributed by atoms with Crippen molar-refractivity contribution in [2.45, 2.75) is 39.2 Å². The highest BCUT2D eigenvalue weighted by Gasteiger charge is 2.18. The minimum Gasteiger partial charge on any atom is -0.396 e. The summed E-state index contributed by atoms with van der Waals surface area (Å²) in [4.78, 5) is 20.7. The van der Waals surface area contributed by atoms with E-state index in [9.17, 15) is 9.90 Å². The molecule has 6 heteroatoms. The normalized spacial score (nSPS) is 12.2. The number of rotatable bonds is 6. The number of nitrogen functional groups attached to an aromatic ring is 1. The Morgan fingerprint density at radius 3 is 2.50 bits per heavy atom. The monoisotopic (exact) mass is 328 g/mol. The molecule has 1 aromatic carbocycles. The Bertz CT molecular complexity index is 699. The van der Waals surface area contributed by atoms with Crippen molar-refractivity contribution in [3.05, 3.63) is 52.8 Å². The highest BCUT2D eigenvalue weighted by molar-refractivity contribution is 5.92. The number of nitrogens with zero attached hydrogens (tertiary/aromatic N) is 2. The summed E-state index contributed by atoms with van der Waals surface area (Å²) < 4.78 is 0. The maximum Gasteiger partial charge on any atom is 0.270 e. The minimum absolute atomic E-state index is 0.0258. The Labute approximate surface area is 142 Å². The molecule has 0 fully saturated rings. The summed E-state index contributed by atoms with van der Waals surface area (Å²) >= 11 is 0. The van der Waals surface area contributed by atoms with Crippen molar-refractivity contribution < 1.29 is 9.90 Å². The number of aromatic nitrogens is 2. The summed E-state index contributed by atoms with van der Waals surface area (Å²) in [7, 11) is 0. The van der Waals surface area contributed by atoms with E-state index in [4.69, 9.17) is 5.73 Å². The Morgan fingerprint density at radius 1 is 1.25 bits per heavy atom. The smallest absolute Gasteiger partial charge is 0.270 e. The highest BCUT2D eigenvalue weighted by atomic mass is 16.3. The van der Waals surface area contributed by atoms with Crippen LogP contribution in [0.5, 0.6) is 0 Å². The molecule has 0 bridgehead atoms. The predicted molar refractivity (Wildman–Crippen MR) is 93.6 cm³/mol. The number of aliphatic hydroxyl groups excluding tert-OH is 1. The van der Waals surface area contributed by atoms with Crippen molar-refractivity contribution in [3.8, 4) is 0 Å². The summed E-state index contributed by atoms with van der Waals surface area (Å²) in [5, 5.41) is 12.2. The maximum absolute atomic E-state index is 12.6. The van der Waals surface area contributed by atoms with Crippen LogP contribution >= 0.6 is 0 Å². The number of aliphatic hydroxyl groups is 1. The van der Waals surface area contributed by atoms with Gasteiger partial charge in [-0.2, -0.15) is 0 Å². The minimum atomic E-state index is -0.329. The summed E-state index contributed by atoms with van der Waals surface area (Å²) in [6, 6.07) is 9.22. The number of anilines is 1. The third-order valence-corrected chi connectivity index (χ3v) is 3.79. The Morgan fingerprint density at radius 2 is 1.92 bits per heavy atom. The number of nitrogens with two attached hydrogens (primary N) is 1. The van der Waals surface area contributed by atoms with E-state index in [1.54, 1.807) is 6.07 Å². The van der Waals surface area contributed by atoms with Crippen LogP contribution in [0.2, 0.25) is 0 Å². The van der Waals surface area contributed by atoms with E-state index in [1.165, 1.54) is 0 Å². The number of hydrogen-bond acceptors (Lipinski definition) is 5. The molecule has 2 rings (SSSR count). The van der Waals surface area contributed by atoms with Gasteiger partial charge in [0.25, 0.3) is 5.91 Å². The van der Waals surface area contributed by atoms with E-state index in [-0.39, 0.29) is 36.1 Å². The second kappa shape index (κ2) is 7.88. The molecule has 0 radical (unpaired) electrons. The van der Waals surface area contributed by atoms with Gasteiger partial charge in [0.05, 0.1) is 6.04 Å². The Hall–Kier alpha value is -2.47. The van der Waals surface area contributed by atoms with Gasteiger partial charge < -0.3 is 16.2 Å². The molecular formula is C18H24N4O2. The molecule has 1 heterocycles. The largest absolute Gasteiger partial charge is 0.396 e. The zero-order valence-electron chi connectivity index (χ0n) is 14.3. The van der Waals surface area contributed by atoms with E-state index in [2.05, 4.69) is 15.3 Å². The van der Waals surface area contributed by atoms with Gasteiger partial charge in [-0.05, 0) is 30.9 Å². The van der Waals surface area contributed by atoms with Gasteiger partial charge in [0.15, 0.2) is 0 Å². The van der Waals surface area contributed by atoms with Crippen LogP contribution in [0.15, 0.2) is 30.3 Å². The molecule has 0 aliphatic rings. The van der Waals surface area contributed by atoms with E-state index in [0.717, 1.165) is 16.8 Å².